The molecule has 6 nitrogen and oxygen atoms in total. The number of hydrogen-bond acceptors (Lipinski definition) is 5. The van der Waals surface area contributed by atoms with Gasteiger partial charge in [0.05, 0.1) is 5.69 Å². The van der Waals surface area contributed by atoms with Crippen LogP contribution in [0.25, 0.3) is 0 Å². The molecule has 0 unspecified atom stereocenters. The topological polar surface area (TPSA) is 71.3 Å². The minimum absolute atomic E-state index is 0.158. The Labute approximate surface area is 158 Å². The Balaban J connectivity index is 1.35. The summed E-state index contributed by atoms with van der Waals surface area (Å²) >= 11 is 0. The molecule has 1 amide bonds. The van der Waals surface area contributed by atoms with E-state index in [0.717, 1.165) is 49.5 Å². The van der Waals surface area contributed by atoms with E-state index in [0.29, 0.717) is 6.54 Å². The summed E-state index contributed by atoms with van der Waals surface area (Å²) in [4.78, 5) is 23.1. The Morgan fingerprint density at radius 3 is 2.63 bits per heavy atom. The normalized spacial score (nSPS) is 14.4. The summed E-state index contributed by atoms with van der Waals surface area (Å²) in [7, 11) is 0. The van der Waals surface area contributed by atoms with Crippen LogP contribution < -0.4 is 5.32 Å². The number of pyridine rings is 1. The van der Waals surface area contributed by atoms with Gasteiger partial charge in [0.1, 0.15) is 5.76 Å². The van der Waals surface area contributed by atoms with Crippen LogP contribution in [0.2, 0.25) is 0 Å². The molecule has 1 aromatic carbocycles. The van der Waals surface area contributed by atoms with Gasteiger partial charge >= 0.3 is 5.91 Å². The number of hydrogen-bond donors (Lipinski definition) is 1. The van der Waals surface area contributed by atoms with Gasteiger partial charge in [0.2, 0.25) is 0 Å². The van der Waals surface area contributed by atoms with Gasteiger partial charge in [-0.3, -0.25) is 14.7 Å². The van der Waals surface area contributed by atoms with Crippen LogP contribution in [0.3, 0.4) is 0 Å². The Kier molecular flexibility index (Phi) is 5.25. The molecule has 0 saturated heterocycles. The maximum Gasteiger partial charge on any atom is 0.307 e. The first-order chi connectivity index (χ1) is 13.3. The van der Waals surface area contributed by atoms with E-state index in [1.165, 1.54) is 5.56 Å². The predicted molar refractivity (Wildman–Crippen MR) is 101 cm³/mol. The van der Waals surface area contributed by atoms with Crippen LogP contribution in [0.5, 0.6) is 0 Å². The molecule has 3 aromatic rings. The fraction of sp³-hybridized carbons (Fsp3) is 0.286. The van der Waals surface area contributed by atoms with Gasteiger partial charge < -0.3 is 9.73 Å². The van der Waals surface area contributed by atoms with Gasteiger partial charge in [-0.2, -0.15) is 0 Å². The highest BCUT2D eigenvalue weighted by Gasteiger charge is 2.22. The van der Waals surface area contributed by atoms with Crippen molar-refractivity contribution in [3.8, 4) is 0 Å². The lowest BCUT2D eigenvalue weighted by molar-refractivity contribution is 0.0914. The maximum atomic E-state index is 12.3. The molecule has 1 N–H and O–H groups in total. The lowest BCUT2D eigenvalue weighted by Gasteiger charge is -2.19. The number of nitrogens with zero attached hydrogens (tertiary/aromatic N) is 3. The maximum absolute atomic E-state index is 12.3. The van der Waals surface area contributed by atoms with Crippen molar-refractivity contribution in [3.05, 3.63) is 83.3 Å². The third kappa shape index (κ3) is 4.41. The molecule has 27 heavy (non-hydrogen) atoms. The van der Waals surface area contributed by atoms with E-state index in [4.69, 9.17) is 4.42 Å². The Morgan fingerprint density at radius 1 is 1.04 bits per heavy atom. The highest BCUT2D eigenvalue weighted by molar-refractivity contribution is 5.89. The molecule has 4 rings (SSSR count). The molecule has 0 bridgehead atoms. The standard InChI is InChI=1S/C21H22N4O2/c26-20(23-14-16-6-10-22-11-7-16)21-24-18-8-12-25(13-9-19(18)27-21)15-17-4-2-1-3-5-17/h1-7,10-11H,8-9,12-15H2,(H,23,26). The van der Waals surface area contributed by atoms with Gasteiger partial charge in [0, 0.05) is 51.4 Å². The average Bonchev–Trinajstić information content (AvgIpc) is 3.04. The SMILES string of the molecule is O=C(NCc1ccncc1)c1nc2c(o1)CCN(Cc1ccccc1)CC2. The molecule has 0 aliphatic carbocycles. The Bertz CT molecular complexity index is 868. The van der Waals surface area contributed by atoms with E-state index < -0.39 is 0 Å². The summed E-state index contributed by atoms with van der Waals surface area (Å²) in [6, 6.07) is 14.2. The number of carbonyl (C=O) groups excluding carboxylic acids is 1. The summed E-state index contributed by atoms with van der Waals surface area (Å²) in [5.41, 5.74) is 3.20. The second kappa shape index (κ2) is 8.14. The number of oxazole rings is 1. The quantitative estimate of drug-likeness (QED) is 0.755. The molecule has 138 valence electrons. The van der Waals surface area contributed by atoms with E-state index in [1.54, 1.807) is 12.4 Å². The Morgan fingerprint density at radius 2 is 1.81 bits per heavy atom. The van der Waals surface area contributed by atoms with E-state index in [-0.39, 0.29) is 11.8 Å². The fourth-order valence-electron chi connectivity index (χ4n) is 3.26. The van der Waals surface area contributed by atoms with E-state index in [2.05, 4.69) is 44.5 Å². The molecule has 1 aliphatic heterocycles. The molecule has 0 atom stereocenters. The van der Waals surface area contributed by atoms with Crippen molar-refractivity contribution in [2.75, 3.05) is 13.1 Å². The van der Waals surface area contributed by atoms with Crippen molar-refractivity contribution in [2.24, 2.45) is 0 Å². The molecule has 1 aliphatic rings. The molecule has 6 heteroatoms. The predicted octanol–water partition coefficient (Wildman–Crippen LogP) is 2.60. The van der Waals surface area contributed by atoms with E-state index >= 15 is 0 Å². The smallest absolute Gasteiger partial charge is 0.307 e. The zero-order valence-corrected chi connectivity index (χ0v) is 15.1. The third-order valence-electron chi connectivity index (χ3n) is 4.74. The minimum atomic E-state index is -0.277. The first kappa shape index (κ1) is 17.4. The van der Waals surface area contributed by atoms with Crippen LogP contribution in [0, 0.1) is 0 Å². The second-order valence-electron chi connectivity index (χ2n) is 6.69. The third-order valence-corrected chi connectivity index (χ3v) is 4.74. The number of aromatic nitrogens is 2. The van der Waals surface area contributed by atoms with Gasteiger partial charge in [0.25, 0.3) is 5.89 Å². The highest BCUT2D eigenvalue weighted by atomic mass is 16.4. The number of carbonyl (C=O) groups is 1. The second-order valence-corrected chi connectivity index (χ2v) is 6.69. The summed E-state index contributed by atoms with van der Waals surface area (Å²) < 4.78 is 5.77. The van der Waals surface area contributed by atoms with Gasteiger partial charge in [-0.1, -0.05) is 30.3 Å². The first-order valence-corrected chi connectivity index (χ1v) is 9.20. The molecule has 3 heterocycles. The van der Waals surface area contributed by atoms with Crippen molar-refractivity contribution in [3.63, 3.8) is 0 Å². The van der Waals surface area contributed by atoms with Crippen LogP contribution in [0.1, 0.15) is 33.3 Å². The number of rotatable bonds is 5. The van der Waals surface area contributed by atoms with Gasteiger partial charge in [-0.15, -0.1) is 0 Å². The van der Waals surface area contributed by atoms with Gasteiger partial charge in [-0.25, -0.2) is 4.98 Å². The highest BCUT2D eigenvalue weighted by Crippen LogP contribution is 2.18. The van der Waals surface area contributed by atoms with Crippen molar-refractivity contribution >= 4 is 5.91 Å². The number of benzene rings is 1. The zero-order chi connectivity index (χ0) is 18.5. The summed E-state index contributed by atoms with van der Waals surface area (Å²) in [5.74, 6) is 0.714. The minimum Gasteiger partial charge on any atom is -0.437 e. The van der Waals surface area contributed by atoms with Crippen LogP contribution in [-0.4, -0.2) is 33.9 Å². The molecular formula is C21H22N4O2. The van der Waals surface area contributed by atoms with Crippen LogP contribution in [0.4, 0.5) is 0 Å². The summed E-state index contributed by atoms with van der Waals surface area (Å²) in [5, 5.41) is 2.85. The lowest BCUT2D eigenvalue weighted by Crippen LogP contribution is -2.26. The van der Waals surface area contributed by atoms with Gasteiger partial charge in [-0.05, 0) is 23.3 Å². The molecule has 0 fully saturated rings. The van der Waals surface area contributed by atoms with Crippen LogP contribution >= 0.6 is 0 Å². The van der Waals surface area contributed by atoms with Crippen molar-refractivity contribution in [1.29, 1.82) is 0 Å². The average molecular weight is 362 g/mol. The molecular weight excluding hydrogens is 340 g/mol. The molecule has 0 radical (unpaired) electrons. The zero-order valence-electron chi connectivity index (χ0n) is 15.1. The van der Waals surface area contributed by atoms with Crippen molar-refractivity contribution < 1.29 is 9.21 Å². The fourth-order valence-corrected chi connectivity index (χ4v) is 3.26. The summed E-state index contributed by atoms with van der Waals surface area (Å²) in [6.07, 6.45) is 4.97. The van der Waals surface area contributed by atoms with Gasteiger partial charge in [0.15, 0.2) is 0 Å². The van der Waals surface area contributed by atoms with Crippen LogP contribution in [-0.2, 0) is 25.9 Å². The van der Waals surface area contributed by atoms with E-state index in [1.807, 2.05) is 18.2 Å². The molecule has 0 saturated carbocycles. The van der Waals surface area contributed by atoms with E-state index in [9.17, 15) is 4.79 Å². The largest absolute Gasteiger partial charge is 0.437 e. The lowest BCUT2D eigenvalue weighted by atomic mass is 10.2. The number of fused-ring (bicyclic) bond motifs is 1. The van der Waals surface area contributed by atoms with Crippen molar-refractivity contribution in [2.45, 2.75) is 25.9 Å². The van der Waals surface area contributed by atoms with Crippen molar-refractivity contribution in [1.82, 2.24) is 20.2 Å². The molecule has 2 aromatic heterocycles. The number of amides is 1. The summed E-state index contributed by atoms with van der Waals surface area (Å²) in [6.45, 7) is 3.16. The Hall–Kier alpha value is -2.99. The number of nitrogens with one attached hydrogen (secondary N) is 1. The van der Waals surface area contributed by atoms with Crippen LogP contribution in [0.15, 0.2) is 59.3 Å². The first-order valence-electron chi connectivity index (χ1n) is 9.20. The monoisotopic (exact) mass is 362 g/mol. The molecule has 0 spiro atoms.